The van der Waals surface area contributed by atoms with Crippen LogP contribution in [0.5, 0.6) is 0 Å². The molecule has 2 aliphatic heterocycles. The predicted octanol–water partition coefficient (Wildman–Crippen LogP) is 5.22. The molecule has 0 saturated carbocycles. The Bertz CT molecular complexity index is 2810. The summed E-state index contributed by atoms with van der Waals surface area (Å²) in [5.41, 5.74) is 1.38. The Hall–Kier alpha value is -4.22. The van der Waals surface area contributed by atoms with Crippen molar-refractivity contribution in [2.75, 3.05) is 96.1 Å². The van der Waals surface area contributed by atoms with Crippen LogP contribution in [0.4, 0.5) is 11.4 Å². The number of fused-ring (bicyclic) bond motifs is 2. The molecule has 0 bridgehead atoms. The maximum atomic E-state index is 12.4. The van der Waals surface area contributed by atoms with Crippen molar-refractivity contribution in [3.05, 3.63) is 95.8 Å². The van der Waals surface area contributed by atoms with Crippen LogP contribution >= 0.6 is 0 Å². The van der Waals surface area contributed by atoms with E-state index in [1.807, 2.05) is 17.9 Å². The number of carbonyl (C=O) groups is 1. The van der Waals surface area contributed by atoms with Gasteiger partial charge in [-0.15, -0.1) is 0 Å². The lowest BCUT2D eigenvalue weighted by Crippen LogP contribution is -2.32. The molecule has 0 aromatic heterocycles. The highest BCUT2D eigenvalue weighted by molar-refractivity contribution is 7.86. The fourth-order valence-corrected chi connectivity index (χ4v) is 10.8. The monoisotopic (exact) mass is 1100 g/mol. The molecule has 4 rings (SSSR count). The maximum Gasteiger partial charge on any atom is 0.303 e. The summed E-state index contributed by atoms with van der Waals surface area (Å²) in [4.78, 5) is 12.5. The molecular weight excluding hydrogens is 1040 g/mol. The van der Waals surface area contributed by atoms with Crippen LogP contribution in [-0.2, 0) is 79.8 Å². The van der Waals surface area contributed by atoms with E-state index in [1.165, 1.54) is 24.3 Å². The van der Waals surface area contributed by atoms with Gasteiger partial charge in [0, 0.05) is 67.6 Å². The number of aliphatic carboxylic acids is 1. The van der Waals surface area contributed by atoms with Crippen molar-refractivity contribution >= 4 is 63.5 Å². The van der Waals surface area contributed by atoms with Gasteiger partial charge in [0.1, 0.15) is 16.7 Å². The number of rotatable bonds is 35. The molecule has 2 aromatic rings. The highest BCUT2D eigenvalue weighted by atomic mass is 32.2. The van der Waals surface area contributed by atoms with Gasteiger partial charge in [0.2, 0.25) is 5.69 Å². The van der Waals surface area contributed by atoms with Crippen LogP contribution in [0.2, 0.25) is 0 Å². The Labute approximate surface area is 429 Å². The summed E-state index contributed by atoms with van der Waals surface area (Å²) in [6.45, 7) is 7.46. The van der Waals surface area contributed by atoms with Crippen LogP contribution in [0.3, 0.4) is 0 Å². The number of allylic oxidation sites excluding steroid dienone is 8. The van der Waals surface area contributed by atoms with Gasteiger partial charge in [-0.3, -0.25) is 18.5 Å². The number of ether oxygens (including phenoxy) is 5. The fourth-order valence-electron chi connectivity index (χ4n) is 8.79. The molecule has 25 heteroatoms. The largest absolute Gasteiger partial charge is 0.744 e. The van der Waals surface area contributed by atoms with Gasteiger partial charge in [0.05, 0.1) is 79.6 Å². The van der Waals surface area contributed by atoms with E-state index in [4.69, 9.17) is 23.7 Å². The summed E-state index contributed by atoms with van der Waals surface area (Å²) in [5.74, 6) is -2.11. The molecule has 4 N–H and O–H groups in total. The summed E-state index contributed by atoms with van der Waals surface area (Å²) in [7, 11) is -16.7. The number of methoxy groups -OCH3 is 1. The highest BCUT2D eigenvalue weighted by Gasteiger charge is 2.48. The molecule has 0 spiro atoms. The first-order chi connectivity index (χ1) is 34.3. The molecule has 408 valence electrons. The van der Waals surface area contributed by atoms with Crippen molar-refractivity contribution in [3.63, 3.8) is 0 Å². The topological polar surface area (TPSA) is 310 Å². The normalized spacial score (nSPS) is 19.1. The molecule has 0 fully saturated rings. The van der Waals surface area contributed by atoms with E-state index in [0.29, 0.717) is 107 Å². The number of hydrogen-bond acceptors (Lipinski definition) is 16. The van der Waals surface area contributed by atoms with Crippen molar-refractivity contribution in [2.45, 2.75) is 85.8 Å². The fraction of sp³-hybridized carbons (Fsp3) is 0.542. The van der Waals surface area contributed by atoms with Crippen LogP contribution < -0.4 is 4.90 Å². The van der Waals surface area contributed by atoms with E-state index in [2.05, 4.69) is 0 Å². The lowest BCUT2D eigenvalue weighted by molar-refractivity contribution is -0.437. The third kappa shape index (κ3) is 19.1. The summed E-state index contributed by atoms with van der Waals surface area (Å²) in [6.07, 6.45) is 14.1. The van der Waals surface area contributed by atoms with Gasteiger partial charge in [0.15, 0.2) is 5.71 Å². The molecule has 2 aromatic carbocycles. The van der Waals surface area contributed by atoms with Gasteiger partial charge < -0.3 is 38.2 Å². The zero-order valence-corrected chi connectivity index (χ0v) is 44.6. The molecule has 21 nitrogen and oxygen atoms in total. The van der Waals surface area contributed by atoms with Gasteiger partial charge in [-0.05, 0) is 87.9 Å². The molecule has 73 heavy (non-hydrogen) atoms. The SMILES string of the molecule is COCCOCCOCCOCCOCCC1(C)C(=CC=CC=CC=CC2=[N+](CCCS(=O)(=O)O)c3ccc(S(=O)(=O)[O-])cc3C2(C)CCCS(=O)(=O)O)N(CCCCCC(=O)O)c2ccc(S(=O)(=O)O)cc21. The van der Waals surface area contributed by atoms with Crippen molar-refractivity contribution in [1.82, 2.24) is 0 Å². The molecule has 2 unspecified atom stereocenters. The van der Waals surface area contributed by atoms with Gasteiger partial charge >= 0.3 is 5.97 Å². The zero-order chi connectivity index (χ0) is 53.9. The van der Waals surface area contributed by atoms with E-state index in [1.54, 1.807) is 61.1 Å². The van der Waals surface area contributed by atoms with Gasteiger partial charge in [-0.2, -0.15) is 29.8 Å². The number of anilines is 1. The van der Waals surface area contributed by atoms with E-state index in [9.17, 15) is 61.8 Å². The van der Waals surface area contributed by atoms with Crippen molar-refractivity contribution in [1.29, 1.82) is 0 Å². The second-order valence-corrected chi connectivity index (χ2v) is 23.7. The average molecular weight is 1110 g/mol. The number of carboxylic acids is 1. The van der Waals surface area contributed by atoms with Gasteiger partial charge in [-0.25, -0.2) is 8.42 Å². The van der Waals surface area contributed by atoms with E-state index >= 15 is 0 Å². The first kappa shape index (κ1) is 61.3. The third-order valence-corrected chi connectivity index (χ3v) is 15.7. The number of carboxylic acid groups (broad SMARTS) is 1. The minimum absolute atomic E-state index is 0.00875. The molecule has 0 radical (unpaired) electrons. The van der Waals surface area contributed by atoms with Crippen LogP contribution in [0.1, 0.15) is 76.3 Å². The van der Waals surface area contributed by atoms with Crippen LogP contribution in [0.25, 0.3) is 0 Å². The summed E-state index contributed by atoms with van der Waals surface area (Å²) >= 11 is 0. The standard InChI is InChI=1S/C48H68N2O19S4/c1-47(21-12-34-70(53,54)55)40-36-38(72(59,60)61)17-19-42(40)50(24-13-35-71(56,57)58)44(47)14-8-5-4-6-9-15-45-48(2,22-25-66-28-29-68-32-33-69-31-30-67-27-26-65-3)41-37-39(73(62,63)64)18-20-43(41)49(45)23-11-7-10-16-46(51)52/h4-6,8-9,14-15,17-20,36-37H,7,10-13,16,21-35H2,1-3H3,(H4-,51,52,53,54,55,56,57,58,59,60,61,62,63,64). The molecule has 2 aliphatic rings. The summed E-state index contributed by atoms with van der Waals surface area (Å²) < 4.78 is 166. The minimum atomic E-state index is -4.93. The first-order valence-electron chi connectivity index (χ1n) is 23.6. The molecule has 2 heterocycles. The van der Waals surface area contributed by atoms with Crippen molar-refractivity contribution < 1.29 is 90.0 Å². The second-order valence-electron chi connectivity index (χ2n) is 17.7. The molecular formula is C48H68N2O19S4. The van der Waals surface area contributed by atoms with Crippen molar-refractivity contribution in [2.24, 2.45) is 0 Å². The molecule has 0 aliphatic carbocycles. The van der Waals surface area contributed by atoms with E-state index in [0.717, 1.165) is 11.8 Å². The summed E-state index contributed by atoms with van der Waals surface area (Å²) in [5, 5.41) is 9.21. The lowest BCUT2D eigenvalue weighted by Gasteiger charge is -2.30. The number of benzene rings is 2. The van der Waals surface area contributed by atoms with E-state index < -0.39 is 73.7 Å². The van der Waals surface area contributed by atoms with Crippen molar-refractivity contribution in [3.8, 4) is 0 Å². The molecule has 0 amide bonds. The predicted molar refractivity (Wildman–Crippen MR) is 271 cm³/mol. The Balaban J connectivity index is 1.63. The quantitative estimate of drug-likeness (QED) is 0.0298. The minimum Gasteiger partial charge on any atom is -0.744 e. The maximum absolute atomic E-state index is 12.4. The Morgan fingerprint density at radius 3 is 1.81 bits per heavy atom. The van der Waals surface area contributed by atoms with Crippen LogP contribution in [0, 0.1) is 0 Å². The first-order valence-corrected chi connectivity index (χ1v) is 29.7. The number of hydrogen-bond donors (Lipinski definition) is 4. The Kier molecular flexibility index (Phi) is 23.6. The molecule has 2 atom stereocenters. The zero-order valence-electron chi connectivity index (χ0n) is 41.3. The summed E-state index contributed by atoms with van der Waals surface area (Å²) in [6, 6.07) is 8.14. The third-order valence-electron chi connectivity index (χ3n) is 12.4. The molecule has 0 saturated heterocycles. The lowest BCUT2D eigenvalue weighted by atomic mass is 9.76. The Morgan fingerprint density at radius 2 is 1.22 bits per heavy atom. The van der Waals surface area contributed by atoms with Gasteiger partial charge in [0.25, 0.3) is 30.4 Å². The number of nitrogens with zero attached hydrogens (tertiary/aromatic N) is 2. The number of unbranched alkanes of at least 4 members (excludes halogenated alkanes) is 2. The van der Waals surface area contributed by atoms with Crippen LogP contribution in [0.15, 0.2) is 94.4 Å². The average Bonchev–Trinajstić information content (AvgIpc) is 3.66. The van der Waals surface area contributed by atoms with Crippen LogP contribution in [-0.4, -0.2) is 164 Å². The highest BCUT2D eigenvalue weighted by Crippen LogP contribution is 2.51. The van der Waals surface area contributed by atoms with Gasteiger partial charge in [-0.1, -0.05) is 36.8 Å². The van der Waals surface area contributed by atoms with E-state index in [-0.39, 0.29) is 50.3 Å². The second kappa shape index (κ2) is 28.1. The smallest absolute Gasteiger partial charge is 0.303 e. The Morgan fingerprint density at radius 1 is 0.658 bits per heavy atom.